The van der Waals surface area contributed by atoms with Crippen molar-refractivity contribution in [3.63, 3.8) is 0 Å². The Hall–Kier alpha value is -3.80. The number of nitrogens with one attached hydrogen (secondary N) is 1. The average Bonchev–Trinajstić information content (AvgIpc) is 3.37. The molecule has 0 atom stereocenters. The summed E-state index contributed by atoms with van der Waals surface area (Å²) < 4.78 is 8.32. The van der Waals surface area contributed by atoms with Gasteiger partial charge in [-0.3, -0.25) is 9.48 Å². The Kier molecular flexibility index (Phi) is 4.27. The van der Waals surface area contributed by atoms with Gasteiger partial charge in [0.15, 0.2) is 0 Å². The van der Waals surface area contributed by atoms with Gasteiger partial charge in [0.1, 0.15) is 6.07 Å². The number of hydrogen-bond donors (Lipinski definition) is 1. The van der Waals surface area contributed by atoms with Gasteiger partial charge in [-0.05, 0) is 30.7 Å². The third-order valence-corrected chi connectivity index (χ3v) is 7.55. The van der Waals surface area contributed by atoms with E-state index in [4.69, 9.17) is 4.74 Å². The van der Waals surface area contributed by atoms with E-state index < -0.39 is 0 Å². The van der Waals surface area contributed by atoms with Crippen LogP contribution in [0.5, 0.6) is 0 Å². The molecule has 2 aromatic carbocycles. The minimum absolute atomic E-state index is 0.216. The number of nitrogens with zero attached hydrogens (tertiary/aromatic N) is 4. The van der Waals surface area contributed by atoms with Crippen molar-refractivity contribution in [2.75, 3.05) is 13.2 Å². The van der Waals surface area contributed by atoms with Gasteiger partial charge in [0.05, 0.1) is 52.0 Å². The molecule has 162 valence electrons. The Morgan fingerprint density at radius 3 is 2.76 bits per heavy atom. The molecule has 4 heterocycles. The minimum atomic E-state index is -0.238. The van der Waals surface area contributed by atoms with Crippen LogP contribution < -0.4 is 5.56 Å². The number of rotatable bonds is 3. The van der Waals surface area contributed by atoms with E-state index >= 15 is 0 Å². The molecule has 33 heavy (non-hydrogen) atoms. The molecule has 6 rings (SSSR count). The molecule has 0 spiro atoms. The number of benzene rings is 2. The predicted octanol–water partition coefficient (Wildman–Crippen LogP) is 4.36. The Bertz CT molecular complexity index is 1670. The third-order valence-electron chi connectivity index (χ3n) is 6.37. The van der Waals surface area contributed by atoms with E-state index in [1.807, 2.05) is 60.4 Å². The lowest BCUT2D eigenvalue weighted by molar-refractivity contribution is -0.0516. The van der Waals surface area contributed by atoms with Gasteiger partial charge in [-0.15, -0.1) is 11.3 Å². The molecule has 1 saturated heterocycles. The molecular formula is C25H19N5O2S. The standard InChI is InChI=1S/C25H19N5O2S/c1-25(12-32-13-25)23-17-9-14(7-8-16(17)24(31)29-28-23)19-11-27-30(2)21(19)22-18(10-26)15-5-3-4-6-20(15)33-22/h3-9,11H,12-13H2,1-2H3,(H,29,31). The van der Waals surface area contributed by atoms with Crippen molar-refractivity contribution in [3.05, 3.63) is 70.3 Å². The largest absolute Gasteiger partial charge is 0.379 e. The number of fused-ring (bicyclic) bond motifs is 2. The van der Waals surface area contributed by atoms with Crippen LogP contribution in [-0.2, 0) is 17.2 Å². The topological polar surface area (TPSA) is 96.6 Å². The number of hydrogen-bond acceptors (Lipinski definition) is 6. The molecule has 0 bridgehead atoms. The number of aryl methyl sites for hydroxylation is 1. The number of H-pyrrole nitrogens is 1. The molecule has 8 heteroatoms. The zero-order valence-electron chi connectivity index (χ0n) is 18.0. The first-order valence-electron chi connectivity index (χ1n) is 10.6. The third kappa shape index (κ3) is 2.86. The molecular weight excluding hydrogens is 434 g/mol. The average molecular weight is 454 g/mol. The zero-order valence-corrected chi connectivity index (χ0v) is 18.9. The zero-order chi connectivity index (χ0) is 22.7. The normalized spacial score (nSPS) is 14.9. The lowest BCUT2D eigenvalue weighted by atomic mass is 9.82. The van der Waals surface area contributed by atoms with E-state index in [9.17, 15) is 10.1 Å². The second-order valence-electron chi connectivity index (χ2n) is 8.66. The van der Waals surface area contributed by atoms with Gasteiger partial charge in [0.2, 0.25) is 0 Å². The molecule has 0 unspecified atom stereocenters. The van der Waals surface area contributed by atoms with Crippen molar-refractivity contribution < 1.29 is 4.74 Å². The monoisotopic (exact) mass is 453 g/mol. The fourth-order valence-corrected chi connectivity index (χ4v) is 5.82. The highest BCUT2D eigenvalue weighted by atomic mass is 32.1. The van der Waals surface area contributed by atoms with Gasteiger partial charge in [-0.2, -0.15) is 15.5 Å². The number of aromatic nitrogens is 4. The molecule has 7 nitrogen and oxygen atoms in total. The minimum Gasteiger partial charge on any atom is -0.379 e. The van der Waals surface area contributed by atoms with E-state index in [0.29, 0.717) is 24.2 Å². The van der Waals surface area contributed by atoms with E-state index in [1.54, 1.807) is 11.3 Å². The Morgan fingerprint density at radius 1 is 1.18 bits per heavy atom. The lowest BCUT2D eigenvalue weighted by Crippen LogP contribution is -2.45. The summed E-state index contributed by atoms with van der Waals surface area (Å²) in [5.74, 6) is 0. The second-order valence-corrected chi connectivity index (χ2v) is 9.71. The van der Waals surface area contributed by atoms with Gasteiger partial charge in [0, 0.05) is 28.1 Å². The number of ether oxygens (including phenoxy) is 1. The highest BCUT2D eigenvalue weighted by molar-refractivity contribution is 7.22. The van der Waals surface area contributed by atoms with Gasteiger partial charge in [-0.1, -0.05) is 24.3 Å². The number of nitriles is 1. The molecule has 0 aliphatic carbocycles. The smallest absolute Gasteiger partial charge is 0.272 e. The van der Waals surface area contributed by atoms with Crippen LogP contribution in [-0.4, -0.2) is 33.2 Å². The predicted molar refractivity (Wildman–Crippen MR) is 128 cm³/mol. The summed E-state index contributed by atoms with van der Waals surface area (Å²) in [7, 11) is 1.88. The van der Waals surface area contributed by atoms with E-state index in [-0.39, 0.29) is 11.0 Å². The van der Waals surface area contributed by atoms with Crippen molar-refractivity contribution in [3.8, 4) is 27.8 Å². The van der Waals surface area contributed by atoms with E-state index in [2.05, 4.69) is 28.3 Å². The molecule has 3 aromatic heterocycles. The van der Waals surface area contributed by atoms with Crippen LogP contribution in [0.4, 0.5) is 0 Å². The van der Waals surface area contributed by atoms with Crippen LogP contribution in [0.25, 0.3) is 42.6 Å². The fraction of sp³-hybridized carbons (Fsp3) is 0.200. The lowest BCUT2D eigenvalue weighted by Gasteiger charge is -2.37. The van der Waals surface area contributed by atoms with Crippen LogP contribution in [0.3, 0.4) is 0 Å². The van der Waals surface area contributed by atoms with E-state index in [1.165, 1.54) is 0 Å². The van der Waals surface area contributed by atoms with Crippen molar-refractivity contribution in [1.82, 2.24) is 20.0 Å². The van der Waals surface area contributed by atoms with Crippen LogP contribution in [0, 0.1) is 11.3 Å². The molecule has 5 aromatic rings. The SMILES string of the molecule is Cn1ncc(-c2ccc3c(=O)[nH]nc(C4(C)COC4)c3c2)c1-c1sc2ccccc2c1C#N. The van der Waals surface area contributed by atoms with Gasteiger partial charge in [-0.25, -0.2) is 5.10 Å². The van der Waals surface area contributed by atoms with E-state index in [0.717, 1.165) is 42.9 Å². The first-order chi connectivity index (χ1) is 16.0. The van der Waals surface area contributed by atoms with Gasteiger partial charge in [0.25, 0.3) is 5.56 Å². The van der Waals surface area contributed by atoms with Crippen LogP contribution >= 0.6 is 11.3 Å². The Balaban J connectivity index is 1.60. The fourth-order valence-electron chi connectivity index (χ4n) is 4.58. The molecule has 1 fully saturated rings. The summed E-state index contributed by atoms with van der Waals surface area (Å²) >= 11 is 1.59. The quantitative estimate of drug-likeness (QED) is 0.438. The highest BCUT2D eigenvalue weighted by Crippen LogP contribution is 2.43. The van der Waals surface area contributed by atoms with Crippen molar-refractivity contribution in [1.29, 1.82) is 5.26 Å². The van der Waals surface area contributed by atoms with Gasteiger partial charge >= 0.3 is 0 Å². The summed E-state index contributed by atoms with van der Waals surface area (Å²) in [4.78, 5) is 13.4. The molecule has 0 radical (unpaired) electrons. The first kappa shape index (κ1) is 19.9. The van der Waals surface area contributed by atoms with Crippen molar-refractivity contribution in [2.45, 2.75) is 12.3 Å². The molecule has 1 aliphatic rings. The summed E-state index contributed by atoms with van der Waals surface area (Å²) in [6.07, 6.45) is 1.82. The maximum absolute atomic E-state index is 12.5. The summed E-state index contributed by atoms with van der Waals surface area (Å²) in [6.45, 7) is 3.23. The second kappa shape index (κ2) is 7.10. The highest BCUT2D eigenvalue weighted by Gasteiger charge is 2.38. The summed E-state index contributed by atoms with van der Waals surface area (Å²) in [6, 6.07) is 16.1. The molecule has 1 N–H and O–H groups in total. The number of aromatic amines is 1. The first-order valence-corrected chi connectivity index (χ1v) is 11.4. The Morgan fingerprint density at radius 2 is 2.00 bits per heavy atom. The van der Waals surface area contributed by atoms with Crippen LogP contribution in [0.1, 0.15) is 18.2 Å². The van der Waals surface area contributed by atoms with Crippen molar-refractivity contribution >= 4 is 32.2 Å². The summed E-state index contributed by atoms with van der Waals surface area (Å²) in [5, 5.41) is 23.9. The maximum Gasteiger partial charge on any atom is 0.272 e. The van der Waals surface area contributed by atoms with Crippen molar-refractivity contribution in [2.24, 2.45) is 7.05 Å². The van der Waals surface area contributed by atoms with Gasteiger partial charge < -0.3 is 4.74 Å². The number of thiophene rings is 1. The van der Waals surface area contributed by atoms with Crippen LogP contribution in [0.15, 0.2) is 53.5 Å². The molecule has 0 amide bonds. The molecule has 0 saturated carbocycles. The Labute approximate surface area is 192 Å². The molecule has 1 aliphatic heterocycles. The maximum atomic E-state index is 12.5. The summed E-state index contributed by atoms with van der Waals surface area (Å²) in [5.41, 5.74) is 3.73. The van der Waals surface area contributed by atoms with Crippen LogP contribution in [0.2, 0.25) is 0 Å².